The van der Waals surface area contributed by atoms with Crippen LogP contribution in [0.2, 0.25) is 0 Å². The van der Waals surface area contributed by atoms with Crippen molar-refractivity contribution in [2.75, 3.05) is 38.6 Å². The molecule has 168 valence electrons. The number of rotatable bonds is 7. The Balaban J connectivity index is 1.31. The van der Waals surface area contributed by atoms with Crippen LogP contribution in [0.15, 0.2) is 73.1 Å². The number of ketones is 1. The third kappa shape index (κ3) is 4.82. The molecule has 0 saturated carbocycles. The monoisotopic (exact) mass is 440 g/mol. The predicted octanol–water partition coefficient (Wildman–Crippen LogP) is 4.04. The molecule has 6 heteroatoms. The number of nitrogen functional groups attached to an aromatic ring is 1. The third-order valence-corrected chi connectivity index (χ3v) is 6.29. The number of anilines is 1. The maximum Gasteiger partial charge on any atom is 0.168 e. The first-order chi connectivity index (χ1) is 16.2. The Labute approximate surface area is 193 Å². The molecule has 1 aliphatic heterocycles. The molecule has 3 heterocycles. The molecule has 2 aromatic carbocycles. The molecule has 0 radical (unpaired) electrons. The van der Waals surface area contributed by atoms with Crippen molar-refractivity contribution in [3.8, 4) is 11.1 Å². The highest BCUT2D eigenvalue weighted by Gasteiger charge is 2.14. The van der Waals surface area contributed by atoms with Gasteiger partial charge in [-0.25, -0.2) is 4.98 Å². The normalized spacial score (nSPS) is 14.5. The summed E-state index contributed by atoms with van der Waals surface area (Å²) >= 11 is 0. The Kier molecular flexibility index (Phi) is 6.19. The van der Waals surface area contributed by atoms with Gasteiger partial charge in [-0.1, -0.05) is 36.4 Å². The summed E-state index contributed by atoms with van der Waals surface area (Å²) in [5.41, 5.74) is 11.3. The second-order valence-electron chi connectivity index (χ2n) is 8.48. The van der Waals surface area contributed by atoms with Crippen molar-refractivity contribution < 1.29 is 9.53 Å². The summed E-state index contributed by atoms with van der Waals surface area (Å²) in [5.74, 6) is 0.0161. The molecule has 1 aliphatic rings. The zero-order chi connectivity index (χ0) is 22.6. The fourth-order valence-electron chi connectivity index (χ4n) is 4.33. The first-order valence-electron chi connectivity index (χ1n) is 11.4. The smallest absolute Gasteiger partial charge is 0.168 e. The Morgan fingerprint density at radius 2 is 1.79 bits per heavy atom. The van der Waals surface area contributed by atoms with Crippen LogP contribution in [0, 0.1) is 0 Å². The average molecular weight is 441 g/mol. The lowest BCUT2D eigenvalue weighted by atomic mass is 9.97. The number of aromatic nitrogens is 2. The van der Waals surface area contributed by atoms with E-state index < -0.39 is 0 Å². The van der Waals surface area contributed by atoms with Gasteiger partial charge in [-0.3, -0.25) is 9.69 Å². The Hall–Kier alpha value is -3.48. The van der Waals surface area contributed by atoms with Gasteiger partial charge in [0.15, 0.2) is 5.78 Å². The van der Waals surface area contributed by atoms with Crippen molar-refractivity contribution in [3.05, 3.63) is 84.2 Å². The number of benzene rings is 2. The second-order valence-corrected chi connectivity index (χ2v) is 8.48. The number of hydrogen-bond acceptors (Lipinski definition) is 5. The van der Waals surface area contributed by atoms with Crippen LogP contribution in [-0.2, 0) is 17.7 Å². The molecule has 33 heavy (non-hydrogen) atoms. The van der Waals surface area contributed by atoms with Gasteiger partial charge in [-0.05, 0) is 41.0 Å². The Bertz CT molecular complexity index is 1260. The third-order valence-electron chi connectivity index (χ3n) is 6.29. The number of nitrogens with two attached hydrogens (primary N) is 1. The van der Waals surface area contributed by atoms with E-state index in [-0.39, 0.29) is 12.2 Å². The van der Waals surface area contributed by atoms with E-state index in [1.165, 1.54) is 0 Å². The summed E-state index contributed by atoms with van der Waals surface area (Å²) in [7, 11) is 0. The van der Waals surface area contributed by atoms with Gasteiger partial charge in [0, 0.05) is 61.6 Å². The summed E-state index contributed by atoms with van der Waals surface area (Å²) in [5, 5.41) is 0.980. The van der Waals surface area contributed by atoms with Crippen LogP contribution in [0.5, 0.6) is 0 Å². The maximum atomic E-state index is 13.1. The predicted molar refractivity (Wildman–Crippen MR) is 131 cm³/mol. The summed E-state index contributed by atoms with van der Waals surface area (Å²) < 4.78 is 7.57. The van der Waals surface area contributed by atoms with E-state index in [9.17, 15) is 4.79 Å². The van der Waals surface area contributed by atoms with Crippen molar-refractivity contribution in [1.29, 1.82) is 0 Å². The van der Waals surface area contributed by atoms with Gasteiger partial charge in [0.2, 0.25) is 0 Å². The van der Waals surface area contributed by atoms with Gasteiger partial charge in [0.25, 0.3) is 0 Å². The number of nitrogens with zero attached hydrogens (tertiary/aromatic N) is 3. The Morgan fingerprint density at radius 1 is 0.970 bits per heavy atom. The minimum atomic E-state index is 0.0161. The molecule has 0 atom stereocenters. The van der Waals surface area contributed by atoms with Gasteiger partial charge >= 0.3 is 0 Å². The van der Waals surface area contributed by atoms with E-state index in [0.717, 1.165) is 67.1 Å². The van der Waals surface area contributed by atoms with Crippen LogP contribution in [0.1, 0.15) is 15.9 Å². The molecule has 2 aromatic heterocycles. The number of Topliss-reactive ketones (excluding diaryl/α,β-unsaturated/α-hetero) is 1. The van der Waals surface area contributed by atoms with Crippen LogP contribution >= 0.6 is 0 Å². The number of morpholine rings is 1. The van der Waals surface area contributed by atoms with Gasteiger partial charge < -0.3 is 15.0 Å². The standard InChI is InChI=1S/C27H28N4O2/c28-25-7-6-21(20-4-2-1-3-5-20)16-23(25)18-26(32)24-17-22-8-9-31(27(22)29-19-24)11-10-30-12-14-33-15-13-30/h1-9,16-17,19H,10-15,18,28H2. The minimum Gasteiger partial charge on any atom is -0.398 e. The zero-order valence-electron chi connectivity index (χ0n) is 18.6. The van der Waals surface area contributed by atoms with Crippen molar-refractivity contribution in [1.82, 2.24) is 14.5 Å². The zero-order valence-corrected chi connectivity index (χ0v) is 18.6. The number of carbonyl (C=O) groups excluding carboxylic acids is 1. The van der Waals surface area contributed by atoms with E-state index in [4.69, 9.17) is 10.5 Å². The Morgan fingerprint density at radius 3 is 2.61 bits per heavy atom. The van der Waals surface area contributed by atoms with Crippen molar-refractivity contribution in [2.24, 2.45) is 0 Å². The average Bonchev–Trinajstić information content (AvgIpc) is 3.27. The lowest BCUT2D eigenvalue weighted by Gasteiger charge is -2.26. The van der Waals surface area contributed by atoms with Crippen molar-refractivity contribution in [3.63, 3.8) is 0 Å². The van der Waals surface area contributed by atoms with Crippen LogP contribution < -0.4 is 5.73 Å². The number of carbonyl (C=O) groups is 1. The number of pyridine rings is 1. The highest BCUT2D eigenvalue weighted by atomic mass is 16.5. The highest BCUT2D eigenvalue weighted by Crippen LogP contribution is 2.25. The molecule has 0 aliphatic carbocycles. The van der Waals surface area contributed by atoms with E-state index in [0.29, 0.717) is 11.3 Å². The van der Waals surface area contributed by atoms with Crippen LogP contribution in [0.25, 0.3) is 22.2 Å². The van der Waals surface area contributed by atoms with Crippen LogP contribution in [0.3, 0.4) is 0 Å². The molecular formula is C27H28N4O2. The van der Waals surface area contributed by atoms with Gasteiger partial charge in [-0.15, -0.1) is 0 Å². The molecule has 2 N–H and O–H groups in total. The first kappa shape index (κ1) is 21.4. The molecule has 5 rings (SSSR count). The topological polar surface area (TPSA) is 73.4 Å². The van der Waals surface area contributed by atoms with Crippen LogP contribution in [0.4, 0.5) is 5.69 Å². The lowest BCUT2D eigenvalue weighted by molar-refractivity contribution is 0.0365. The SMILES string of the molecule is Nc1ccc(-c2ccccc2)cc1CC(=O)c1cnc2c(ccn2CCN2CCOCC2)c1. The number of fused-ring (bicyclic) bond motifs is 1. The van der Waals surface area contributed by atoms with E-state index in [1.54, 1.807) is 6.20 Å². The number of hydrogen-bond donors (Lipinski definition) is 1. The van der Waals surface area contributed by atoms with Gasteiger partial charge in [-0.2, -0.15) is 0 Å². The molecule has 1 fully saturated rings. The first-order valence-corrected chi connectivity index (χ1v) is 11.4. The second kappa shape index (κ2) is 9.57. The largest absolute Gasteiger partial charge is 0.398 e. The molecule has 0 spiro atoms. The lowest BCUT2D eigenvalue weighted by Crippen LogP contribution is -2.38. The fraction of sp³-hybridized carbons (Fsp3) is 0.259. The van der Waals surface area contributed by atoms with Gasteiger partial charge in [0.05, 0.1) is 13.2 Å². The maximum absolute atomic E-state index is 13.1. The van der Waals surface area contributed by atoms with Crippen molar-refractivity contribution >= 4 is 22.5 Å². The molecule has 0 unspecified atom stereocenters. The highest BCUT2D eigenvalue weighted by molar-refractivity contribution is 6.00. The van der Waals surface area contributed by atoms with E-state index in [1.807, 2.05) is 54.7 Å². The summed E-state index contributed by atoms with van der Waals surface area (Å²) in [6, 6.07) is 20.0. The molecule has 6 nitrogen and oxygen atoms in total. The van der Waals surface area contributed by atoms with Crippen LogP contribution in [-0.4, -0.2) is 53.1 Å². The number of ether oxygens (including phenoxy) is 1. The van der Waals surface area contributed by atoms with E-state index >= 15 is 0 Å². The summed E-state index contributed by atoms with van der Waals surface area (Å²) in [6.45, 7) is 5.38. The quantitative estimate of drug-likeness (QED) is 0.347. The summed E-state index contributed by atoms with van der Waals surface area (Å²) in [4.78, 5) is 20.1. The molecule has 1 saturated heterocycles. The molecule has 4 aromatic rings. The minimum absolute atomic E-state index is 0.0161. The van der Waals surface area contributed by atoms with E-state index in [2.05, 4.69) is 26.6 Å². The fourth-order valence-corrected chi connectivity index (χ4v) is 4.33. The molecule has 0 bridgehead atoms. The van der Waals surface area contributed by atoms with Crippen molar-refractivity contribution in [2.45, 2.75) is 13.0 Å². The molecular weight excluding hydrogens is 412 g/mol. The summed E-state index contributed by atoms with van der Waals surface area (Å²) in [6.07, 6.45) is 3.98. The molecule has 0 amide bonds. The van der Waals surface area contributed by atoms with Gasteiger partial charge in [0.1, 0.15) is 5.65 Å².